The van der Waals surface area contributed by atoms with Gasteiger partial charge in [0.1, 0.15) is 17.7 Å². The number of hydrogen-bond acceptors (Lipinski definition) is 6. The van der Waals surface area contributed by atoms with Gasteiger partial charge in [0.25, 0.3) is 0 Å². The van der Waals surface area contributed by atoms with Crippen molar-refractivity contribution in [1.82, 2.24) is 4.90 Å². The lowest BCUT2D eigenvalue weighted by molar-refractivity contribution is -0.147. The molecule has 3 rings (SSSR count). The number of halogens is 1. The Hall–Kier alpha value is -3.42. The third-order valence-corrected chi connectivity index (χ3v) is 7.20. The first-order valence-corrected chi connectivity index (χ1v) is 13.1. The summed E-state index contributed by atoms with van der Waals surface area (Å²) in [6, 6.07) is 18.2. The van der Waals surface area contributed by atoms with Crippen molar-refractivity contribution in [2.45, 2.75) is 63.9 Å². The Morgan fingerprint density at radius 2 is 1.86 bits per heavy atom. The zero-order chi connectivity index (χ0) is 26.7. The Balaban J connectivity index is 1.64. The van der Waals surface area contributed by atoms with Gasteiger partial charge in [-0.1, -0.05) is 31.5 Å². The topological polar surface area (TPSA) is 86.3 Å². The van der Waals surface area contributed by atoms with Gasteiger partial charge in [0.2, 0.25) is 0 Å². The summed E-state index contributed by atoms with van der Waals surface area (Å²) in [7, 11) is 0. The third kappa shape index (κ3) is 7.54. The number of nitrogens with zero attached hydrogens (tertiary/aromatic N) is 3. The molecule has 0 aliphatic carbocycles. The lowest BCUT2D eigenvalue weighted by Crippen LogP contribution is -2.45. The van der Waals surface area contributed by atoms with E-state index in [1.54, 1.807) is 42.5 Å². The minimum Gasteiger partial charge on any atom is -0.494 e. The zero-order valence-electron chi connectivity index (χ0n) is 21.8. The minimum absolute atomic E-state index is 0.0459. The molecule has 1 aliphatic rings. The van der Waals surface area contributed by atoms with Crippen molar-refractivity contribution in [2.75, 3.05) is 26.2 Å². The van der Waals surface area contributed by atoms with E-state index in [-0.39, 0.29) is 17.7 Å². The van der Waals surface area contributed by atoms with Crippen LogP contribution in [0.5, 0.6) is 5.75 Å². The van der Waals surface area contributed by atoms with Gasteiger partial charge < -0.3 is 14.4 Å². The van der Waals surface area contributed by atoms with E-state index in [9.17, 15) is 10.1 Å². The van der Waals surface area contributed by atoms with Crippen molar-refractivity contribution in [3.05, 3.63) is 65.5 Å². The Morgan fingerprint density at radius 1 is 1.16 bits per heavy atom. The van der Waals surface area contributed by atoms with Gasteiger partial charge in [0, 0.05) is 25.5 Å². The summed E-state index contributed by atoms with van der Waals surface area (Å²) in [5.74, 6) is -0.0624. The first-order valence-electron chi connectivity index (χ1n) is 13.1. The van der Waals surface area contributed by atoms with Gasteiger partial charge in [-0.15, -0.1) is 0 Å². The van der Waals surface area contributed by atoms with Crippen molar-refractivity contribution in [2.24, 2.45) is 5.92 Å². The van der Waals surface area contributed by atoms with Gasteiger partial charge in [0.05, 0.1) is 29.7 Å². The zero-order valence-corrected chi connectivity index (χ0v) is 21.8. The monoisotopic (exact) mass is 505 g/mol. The summed E-state index contributed by atoms with van der Waals surface area (Å²) in [5.41, 5.74) is -0.0567. The molecule has 1 saturated heterocycles. The van der Waals surface area contributed by atoms with E-state index in [4.69, 9.17) is 14.7 Å². The van der Waals surface area contributed by atoms with Crippen molar-refractivity contribution >= 4 is 5.97 Å². The Morgan fingerprint density at radius 3 is 2.46 bits per heavy atom. The fraction of sp³-hybridized carbons (Fsp3) is 0.500. The van der Waals surface area contributed by atoms with Gasteiger partial charge in [-0.25, -0.2) is 4.39 Å². The molecule has 0 saturated carbocycles. The second-order valence-corrected chi connectivity index (χ2v) is 9.74. The maximum absolute atomic E-state index is 15.1. The largest absolute Gasteiger partial charge is 0.494 e. The first-order chi connectivity index (χ1) is 17.9. The number of ether oxygens (including phenoxy) is 2. The van der Waals surface area contributed by atoms with Gasteiger partial charge in [-0.2, -0.15) is 10.5 Å². The molecule has 1 aliphatic heterocycles. The van der Waals surface area contributed by atoms with Crippen molar-refractivity contribution < 1.29 is 18.7 Å². The van der Waals surface area contributed by atoms with Crippen LogP contribution in [0.2, 0.25) is 0 Å². The summed E-state index contributed by atoms with van der Waals surface area (Å²) >= 11 is 0. The quantitative estimate of drug-likeness (QED) is 0.269. The molecule has 2 unspecified atom stereocenters. The highest BCUT2D eigenvalue weighted by Crippen LogP contribution is 2.44. The van der Waals surface area contributed by atoms with Gasteiger partial charge in [-0.3, -0.25) is 4.79 Å². The maximum Gasteiger partial charge on any atom is 0.302 e. The van der Waals surface area contributed by atoms with Crippen LogP contribution in [0, 0.1) is 34.4 Å². The minimum atomic E-state index is -1.06. The molecule has 2 atom stereocenters. The van der Waals surface area contributed by atoms with Crippen molar-refractivity contribution in [3.63, 3.8) is 0 Å². The number of carbonyl (C=O) groups excluding carboxylic acids is 1. The smallest absolute Gasteiger partial charge is 0.302 e. The van der Waals surface area contributed by atoms with Crippen molar-refractivity contribution in [3.8, 4) is 17.9 Å². The van der Waals surface area contributed by atoms with E-state index in [1.807, 2.05) is 6.92 Å². The van der Waals surface area contributed by atoms with E-state index < -0.39 is 11.5 Å². The van der Waals surface area contributed by atoms with Crippen LogP contribution in [0.25, 0.3) is 0 Å². The molecular weight excluding hydrogens is 469 g/mol. The highest BCUT2D eigenvalue weighted by molar-refractivity contribution is 5.66. The normalized spacial score (nSPS) is 16.7. The number of hydrogen-bond donors (Lipinski definition) is 0. The maximum atomic E-state index is 15.1. The average molecular weight is 506 g/mol. The van der Waals surface area contributed by atoms with Crippen molar-refractivity contribution in [1.29, 1.82) is 10.5 Å². The SMILES string of the molecule is CCCC(CC(C#N)(c1ccccc1F)C1CCN(CCCOc2ccc(C#N)cc2)CC1)OC(C)=O. The summed E-state index contributed by atoms with van der Waals surface area (Å²) in [6.07, 6.45) is 3.68. The van der Waals surface area contributed by atoms with E-state index in [0.717, 1.165) is 51.1 Å². The summed E-state index contributed by atoms with van der Waals surface area (Å²) < 4.78 is 26.5. The molecule has 0 bridgehead atoms. The number of rotatable bonds is 12. The Bertz CT molecular complexity index is 1100. The molecule has 37 heavy (non-hydrogen) atoms. The molecule has 0 aromatic heterocycles. The fourth-order valence-electron chi connectivity index (χ4n) is 5.39. The first kappa shape index (κ1) is 28.2. The summed E-state index contributed by atoms with van der Waals surface area (Å²) in [6.45, 7) is 6.45. The van der Waals surface area contributed by atoms with Crippen LogP contribution in [-0.2, 0) is 14.9 Å². The standard InChI is InChI=1S/C30H36FN3O3/c1-3-7-27(37-23(2)35)20-30(22-33,28-8-4-5-9-29(28)31)25-14-17-34(18-15-25)16-6-19-36-26-12-10-24(21-32)11-13-26/h4-5,8-13,25,27H,3,6-7,14-20H2,1-2H3. The summed E-state index contributed by atoms with van der Waals surface area (Å²) in [5, 5.41) is 19.4. The molecule has 2 aromatic carbocycles. The van der Waals surface area contributed by atoms with Gasteiger partial charge in [-0.05, 0) is 75.0 Å². The molecule has 0 N–H and O–H groups in total. The number of benzene rings is 2. The van der Waals surface area contributed by atoms with Crippen LogP contribution < -0.4 is 4.74 Å². The molecule has 0 amide bonds. The van der Waals surface area contributed by atoms with E-state index in [2.05, 4.69) is 17.0 Å². The molecule has 2 aromatic rings. The molecule has 1 fully saturated rings. The molecular formula is C30H36FN3O3. The molecule has 7 heteroatoms. The van der Waals surface area contributed by atoms with E-state index >= 15 is 4.39 Å². The van der Waals surface area contributed by atoms with Gasteiger partial charge in [0.15, 0.2) is 0 Å². The third-order valence-electron chi connectivity index (χ3n) is 7.20. The molecule has 6 nitrogen and oxygen atoms in total. The lowest BCUT2D eigenvalue weighted by Gasteiger charge is -2.42. The van der Waals surface area contributed by atoms with E-state index in [1.165, 1.54) is 13.0 Å². The van der Waals surface area contributed by atoms with Crippen LogP contribution in [0.1, 0.15) is 63.5 Å². The fourth-order valence-corrected chi connectivity index (χ4v) is 5.39. The molecule has 196 valence electrons. The number of piperidine rings is 1. The second kappa shape index (κ2) is 13.8. The predicted octanol–water partition coefficient (Wildman–Crippen LogP) is 5.76. The number of likely N-dealkylation sites (tertiary alicyclic amines) is 1. The molecule has 0 spiro atoms. The average Bonchev–Trinajstić information content (AvgIpc) is 2.91. The van der Waals surface area contributed by atoms with Crippen LogP contribution in [-0.4, -0.2) is 43.2 Å². The number of nitriles is 2. The Kier molecular flexibility index (Phi) is 10.5. The number of esters is 1. The van der Waals surface area contributed by atoms with Crippen LogP contribution in [0.4, 0.5) is 4.39 Å². The molecule has 0 radical (unpaired) electrons. The highest BCUT2D eigenvalue weighted by atomic mass is 19.1. The Labute approximate surface area is 219 Å². The lowest BCUT2D eigenvalue weighted by atomic mass is 9.64. The second-order valence-electron chi connectivity index (χ2n) is 9.74. The van der Waals surface area contributed by atoms with E-state index in [0.29, 0.717) is 30.6 Å². The predicted molar refractivity (Wildman–Crippen MR) is 139 cm³/mol. The number of carbonyl (C=O) groups is 1. The molecule has 1 heterocycles. The highest BCUT2D eigenvalue weighted by Gasteiger charge is 2.45. The summed E-state index contributed by atoms with van der Waals surface area (Å²) in [4.78, 5) is 14.1. The van der Waals surface area contributed by atoms with Crippen LogP contribution in [0.3, 0.4) is 0 Å². The van der Waals surface area contributed by atoms with Crippen LogP contribution in [0.15, 0.2) is 48.5 Å². The van der Waals surface area contributed by atoms with Crippen LogP contribution >= 0.6 is 0 Å². The van der Waals surface area contributed by atoms with Gasteiger partial charge >= 0.3 is 5.97 Å².